The van der Waals surface area contributed by atoms with Crippen LogP contribution in [0.3, 0.4) is 0 Å². The van der Waals surface area contributed by atoms with E-state index in [1.807, 2.05) is 6.07 Å². The number of rotatable bonds is 5. The molecule has 2 heterocycles. The Bertz CT molecular complexity index is 792. The van der Waals surface area contributed by atoms with E-state index in [0.717, 1.165) is 30.8 Å². The predicted octanol–water partition coefficient (Wildman–Crippen LogP) is 4.12. The molecule has 0 saturated carbocycles. The molecule has 1 aliphatic rings. The zero-order chi connectivity index (χ0) is 15.5. The molecular weight excluding hydrogens is 286 g/mol. The minimum Gasteiger partial charge on any atom is -0.454 e. The van der Waals surface area contributed by atoms with E-state index in [9.17, 15) is 0 Å². The first kappa shape index (κ1) is 13.9. The number of benzene rings is 2. The zero-order valence-electron chi connectivity index (χ0n) is 12.9. The van der Waals surface area contributed by atoms with Gasteiger partial charge >= 0.3 is 0 Å². The summed E-state index contributed by atoms with van der Waals surface area (Å²) >= 11 is 0. The molecule has 0 unspecified atom stereocenters. The van der Waals surface area contributed by atoms with Gasteiger partial charge in [-0.3, -0.25) is 0 Å². The lowest BCUT2D eigenvalue weighted by molar-refractivity contribution is 0.174. The van der Waals surface area contributed by atoms with Crippen LogP contribution >= 0.6 is 0 Å². The molecule has 3 heteroatoms. The molecule has 0 amide bonds. The third kappa shape index (κ3) is 3.24. The number of aryl methyl sites for hydroxylation is 2. The van der Waals surface area contributed by atoms with Crippen LogP contribution in [0.2, 0.25) is 0 Å². The van der Waals surface area contributed by atoms with E-state index in [1.165, 1.54) is 22.5 Å². The maximum Gasteiger partial charge on any atom is 0.231 e. The third-order valence-corrected chi connectivity index (χ3v) is 4.16. The first-order valence-corrected chi connectivity index (χ1v) is 7.96. The summed E-state index contributed by atoms with van der Waals surface area (Å²) in [5.41, 5.74) is 5.11. The molecule has 0 fully saturated rings. The van der Waals surface area contributed by atoms with E-state index in [1.54, 1.807) is 0 Å². The number of ether oxygens (including phenoxy) is 2. The van der Waals surface area contributed by atoms with Crippen molar-refractivity contribution < 1.29 is 9.47 Å². The van der Waals surface area contributed by atoms with Crippen LogP contribution in [0.1, 0.15) is 22.5 Å². The molecule has 3 aromatic rings. The van der Waals surface area contributed by atoms with E-state index >= 15 is 0 Å². The SMILES string of the molecule is c1ccc(CCc2ccc(Cc3ccc4c(c3)OCO4)[nH]2)cc1. The van der Waals surface area contributed by atoms with Crippen molar-refractivity contribution in [3.63, 3.8) is 0 Å². The van der Waals surface area contributed by atoms with E-state index in [-0.39, 0.29) is 0 Å². The molecule has 1 N–H and O–H groups in total. The summed E-state index contributed by atoms with van der Waals surface area (Å²) in [5, 5.41) is 0. The fourth-order valence-corrected chi connectivity index (χ4v) is 2.93. The molecule has 0 radical (unpaired) electrons. The van der Waals surface area contributed by atoms with Gasteiger partial charge in [0.2, 0.25) is 6.79 Å². The number of fused-ring (bicyclic) bond motifs is 1. The highest BCUT2D eigenvalue weighted by molar-refractivity contribution is 5.45. The van der Waals surface area contributed by atoms with Crippen LogP contribution < -0.4 is 9.47 Å². The Morgan fingerprint density at radius 1 is 0.739 bits per heavy atom. The van der Waals surface area contributed by atoms with E-state index in [2.05, 4.69) is 59.6 Å². The zero-order valence-corrected chi connectivity index (χ0v) is 12.9. The highest BCUT2D eigenvalue weighted by atomic mass is 16.7. The van der Waals surface area contributed by atoms with Crippen molar-refractivity contribution in [1.82, 2.24) is 4.98 Å². The summed E-state index contributed by atoms with van der Waals surface area (Å²) < 4.78 is 10.8. The smallest absolute Gasteiger partial charge is 0.231 e. The lowest BCUT2D eigenvalue weighted by Crippen LogP contribution is -1.93. The van der Waals surface area contributed by atoms with Gasteiger partial charge in [0, 0.05) is 17.8 Å². The van der Waals surface area contributed by atoms with Gasteiger partial charge in [-0.05, 0) is 48.2 Å². The van der Waals surface area contributed by atoms with Crippen molar-refractivity contribution >= 4 is 0 Å². The second-order valence-electron chi connectivity index (χ2n) is 5.86. The van der Waals surface area contributed by atoms with E-state index in [4.69, 9.17) is 9.47 Å². The van der Waals surface area contributed by atoms with Crippen molar-refractivity contribution in [3.8, 4) is 11.5 Å². The van der Waals surface area contributed by atoms with Gasteiger partial charge in [-0.2, -0.15) is 0 Å². The van der Waals surface area contributed by atoms with Gasteiger partial charge < -0.3 is 14.5 Å². The summed E-state index contributed by atoms with van der Waals surface area (Å²) in [6, 6.07) is 21.1. The highest BCUT2D eigenvalue weighted by Gasteiger charge is 2.13. The minimum absolute atomic E-state index is 0.324. The molecule has 0 aliphatic carbocycles. The molecule has 0 saturated heterocycles. The van der Waals surface area contributed by atoms with Crippen LogP contribution in [0.5, 0.6) is 11.5 Å². The van der Waals surface area contributed by atoms with Gasteiger partial charge in [0.1, 0.15) is 0 Å². The van der Waals surface area contributed by atoms with E-state index in [0.29, 0.717) is 6.79 Å². The second kappa shape index (κ2) is 6.21. The summed E-state index contributed by atoms with van der Waals surface area (Å²) in [4.78, 5) is 3.53. The molecule has 1 aliphatic heterocycles. The average Bonchev–Trinajstić information content (AvgIpc) is 3.23. The minimum atomic E-state index is 0.324. The summed E-state index contributed by atoms with van der Waals surface area (Å²) in [7, 11) is 0. The van der Waals surface area contributed by atoms with Gasteiger partial charge in [0.05, 0.1) is 0 Å². The van der Waals surface area contributed by atoms with Gasteiger partial charge in [-0.25, -0.2) is 0 Å². The summed E-state index contributed by atoms with van der Waals surface area (Å²) in [6.45, 7) is 0.324. The second-order valence-corrected chi connectivity index (χ2v) is 5.86. The van der Waals surface area contributed by atoms with Crippen LogP contribution in [-0.4, -0.2) is 11.8 Å². The van der Waals surface area contributed by atoms with Crippen LogP contribution in [0, 0.1) is 0 Å². The van der Waals surface area contributed by atoms with Crippen LogP contribution in [0.15, 0.2) is 60.7 Å². The van der Waals surface area contributed by atoms with E-state index < -0.39 is 0 Å². The lowest BCUT2D eigenvalue weighted by atomic mass is 10.1. The molecule has 0 atom stereocenters. The topological polar surface area (TPSA) is 34.2 Å². The van der Waals surface area contributed by atoms with Gasteiger partial charge in [0.25, 0.3) is 0 Å². The molecule has 0 spiro atoms. The van der Waals surface area contributed by atoms with Crippen molar-refractivity contribution in [2.75, 3.05) is 6.79 Å². The summed E-state index contributed by atoms with van der Waals surface area (Å²) in [6.07, 6.45) is 2.97. The Kier molecular flexibility index (Phi) is 3.76. The summed E-state index contributed by atoms with van der Waals surface area (Å²) in [5.74, 6) is 1.68. The van der Waals surface area contributed by atoms with Gasteiger partial charge in [0.15, 0.2) is 11.5 Å². The number of aromatic nitrogens is 1. The fourth-order valence-electron chi connectivity index (χ4n) is 2.93. The first-order valence-electron chi connectivity index (χ1n) is 7.96. The lowest BCUT2D eigenvalue weighted by Gasteiger charge is -2.02. The molecule has 116 valence electrons. The molecule has 4 rings (SSSR count). The molecule has 23 heavy (non-hydrogen) atoms. The maximum absolute atomic E-state index is 5.44. The molecule has 3 nitrogen and oxygen atoms in total. The Morgan fingerprint density at radius 2 is 1.57 bits per heavy atom. The molecule has 2 aromatic carbocycles. The Labute approximate surface area is 135 Å². The highest BCUT2D eigenvalue weighted by Crippen LogP contribution is 2.33. The monoisotopic (exact) mass is 305 g/mol. The number of hydrogen-bond acceptors (Lipinski definition) is 2. The third-order valence-electron chi connectivity index (χ3n) is 4.16. The predicted molar refractivity (Wildman–Crippen MR) is 90.0 cm³/mol. The fraction of sp³-hybridized carbons (Fsp3) is 0.200. The van der Waals surface area contributed by atoms with Gasteiger partial charge in [-0.15, -0.1) is 0 Å². The molecular formula is C20H19NO2. The first-order chi connectivity index (χ1) is 11.4. The normalized spacial score (nSPS) is 12.5. The maximum atomic E-state index is 5.44. The quantitative estimate of drug-likeness (QED) is 0.769. The molecule has 0 bridgehead atoms. The van der Waals surface area contributed by atoms with Crippen LogP contribution in [0.4, 0.5) is 0 Å². The standard InChI is InChI=1S/C20H19NO2/c1-2-4-15(5-3-1)6-8-17-9-10-18(21-17)12-16-7-11-19-20(13-16)23-14-22-19/h1-5,7,9-11,13,21H,6,8,12,14H2. The number of aromatic amines is 1. The number of nitrogens with one attached hydrogen (secondary N) is 1. The molecule has 1 aromatic heterocycles. The Morgan fingerprint density at radius 3 is 2.48 bits per heavy atom. The van der Waals surface area contributed by atoms with Crippen molar-refractivity contribution in [1.29, 1.82) is 0 Å². The van der Waals surface area contributed by atoms with Crippen LogP contribution in [0.25, 0.3) is 0 Å². The van der Waals surface area contributed by atoms with Crippen LogP contribution in [-0.2, 0) is 19.3 Å². The Hall–Kier alpha value is -2.68. The van der Waals surface area contributed by atoms with Crippen molar-refractivity contribution in [3.05, 3.63) is 83.2 Å². The van der Waals surface area contributed by atoms with Gasteiger partial charge in [-0.1, -0.05) is 36.4 Å². The van der Waals surface area contributed by atoms with Crippen molar-refractivity contribution in [2.24, 2.45) is 0 Å². The largest absolute Gasteiger partial charge is 0.454 e. The number of H-pyrrole nitrogens is 1. The van der Waals surface area contributed by atoms with Crippen molar-refractivity contribution in [2.45, 2.75) is 19.3 Å². The number of hydrogen-bond donors (Lipinski definition) is 1. The average molecular weight is 305 g/mol. The Balaban J connectivity index is 1.40.